The average molecular weight is 305 g/mol. The number of hydrogen-bond donors (Lipinski definition) is 2. The van der Waals surface area contributed by atoms with Crippen LogP contribution in [-0.4, -0.2) is 60.3 Å². The first-order valence-corrected chi connectivity index (χ1v) is 6.29. The Labute approximate surface area is 121 Å². The van der Waals surface area contributed by atoms with Gasteiger partial charge in [0, 0.05) is 20.8 Å². The fraction of sp³-hybridized carbons (Fsp3) is 0.750. The van der Waals surface area contributed by atoms with E-state index >= 15 is 0 Å². The summed E-state index contributed by atoms with van der Waals surface area (Å²) >= 11 is 0. The van der Waals surface area contributed by atoms with Gasteiger partial charge in [0.15, 0.2) is 18.5 Å². The maximum atomic E-state index is 11.1. The fourth-order valence-electron chi connectivity index (χ4n) is 1.97. The van der Waals surface area contributed by atoms with Gasteiger partial charge in [0.1, 0.15) is 12.7 Å². The normalized spacial score (nSPS) is 32.1. The SMILES string of the molecule is CC(=O)OCC1O[C@@H](O)C(OC(C)=O)[C@@H](N)[C@@H]1OC(C)=O. The first kappa shape index (κ1) is 17.3. The van der Waals surface area contributed by atoms with Crippen LogP contribution in [0.3, 0.4) is 0 Å². The van der Waals surface area contributed by atoms with E-state index in [4.69, 9.17) is 24.7 Å². The van der Waals surface area contributed by atoms with E-state index in [9.17, 15) is 19.5 Å². The molecule has 0 aromatic rings. The number of aliphatic hydroxyl groups is 1. The number of carbonyl (C=O) groups is 3. The van der Waals surface area contributed by atoms with Gasteiger partial charge >= 0.3 is 17.9 Å². The van der Waals surface area contributed by atoms with Crippen molar-refractivity contribution in [1.82, 2.24) is 0 Å². The van der Waals surface area contributed by atoms with Gasteiger partial charge in [0.25, 0.3) is 0 Å². The molecule has 0 bridgehead atoms. The quantitative estimate of drug-likeness (QED) is 0.468. The van der Waals surface area contributed by atoms with Crippen molar-refractivity contribution in [3.05, 3.63) is 0 Å². The molecule has 0 aliphatic carbocycles. The van der Waals surface area contributed by atoms with E-state index in [1.807, 2.05) is 0 Å². The summed E-state index contributed by atoms with van der Waals surface area (Å²) in [5.41, 5.74) is 5.87. The fourth-order valence-corrected chi connectivity index (χ4v) is 1.97. The molecule has 0 saturated carbocycles. The van der Waals surface area contributed by atoms with E-state index in [1.165, 1.54) is 13.8 Å². The second-order valence-corrected chi connectivity index (χ2v) is 4.59. The minimum Gasteiger partial charge on any atom is -0.463 e. The molecule has 0 aromatic carbocycles. The number of hydrogen-bond acceptors (Lipinski definition) is 9. The number of nitrogens with two attached hydrogens (primary N) is 1. The Kier molecular flexibility index (Phi) is 6.06. The Morgan fingerprint density at radius 1 is 1.05 bits per heavy atom. The van der Waals surface area contributed by atoms with Crippen LogP contribution in [0.25, 0.3) is 0 Å². The topological polar surface area (TPSA) is 134 Å². The molecule has 0 amide bonds. The van der Waals surface area contributed by atoms with Crippen LogP contribution in [-0.2, 0) is 33.3 Å². The molecule has 9 nitrogen and oxygen atoms in total. The predicted molar refractivity (Wildman–Crippen MR) is 66.6 cm³/mol. The van der Waals surface area contributed by atoms with E-state index in [0.717, 1.165) is 6.92 Å². The Morgan fingerprint density at radius 2 is 1.57 bits per heavy atom. The molecule has 3 N–H and O–H groups in total. The zero-order chi connectivity index (χ0) is 16.2. The van der Waals surface area contributed by atoms with Gasteiger partial charge in [-0.2, -0.15) is 0 Å². The molecular formula is C12H19NO8. The van der Waals surface area contributed by atoms with Gasteiger partial charge in [-0.25, -0.2) is 0 Å². The van der Waals surface area contributed by atoms with Crippen LogP contribution in [0.1, 0.15) is 20.8 Å². The van der Waals surface area contributed by atoms with Crippen LogP contribution in [0.4, 0.5) is 0 Å². The molecule has 120 valence electrons. The van der Waals surface area contributed by atoms with Crippen molar-refractivity contribution >= 4 is 17.9 Å². The first-order chi connectivity index (χ1) is 9.72. The third-order valence-electron chi connectivity index (χ3n) is 2.78. The zero-order valence-electron chi connectivity index (χ0n) is 12.0. The summed E-state index contributed by atoms with van der Waals surface area (Å²) in [6.07, 6.45) is -4.71. The lowest BCUT2D eigenvalue weighted by Crippen LogP contribution is -2.64. The van der Waals surface area contributed by atoms with Gasteiger partial charge in [-0.15, -0.1) is 0 Å². The summed E-state index contributed by atoms with van der Waals surface area (Å²) in [5.74, 6) is -1.87. The summed E-state index contributed by atoms with van der Waals surface area (Å²) in [6, 6.07) is -1.03. The van der Waals surface area contributed by atoms with Crippen molar-refractivity contribution in [1.29, 1.82) is 0 Å². The summed E-state index contributed by atoms with van der Waals surface area (Å²) < 4.78 is 19.8. The van der Waals surface area contributed by atoms with Gasteiger partial charge in [-0.05, 0) is 0 Å². The van der Waals surface area contributed by atoms with Crippen molar-refractivity contribution in [2.24, 2.45) is 5.73 Å². The van der Waals surface area contributed by atoms with Crippen molar-refractivity contribution in [3.63, 3.8) is 0 Å². The maximum absolute atomic E-state index is 11.1. The minimum atomic E-state index is -1.52. The summed E-state index contributed by atoms with van der Waals surface area (Å²) in [6.45, 7) is 3.25. The number of esters is 3. The Balaban J connectivity index is 2.86. The number of aliphatic hydroxyl groups excluding tert-OH is 1. The number of carbonyl (C=O) groups excluding carboxylic acids is 3. The highest BCUT2D eigenvalue weighted by atomic mass is 16.7. The second kappa shape index (κ2) is 7.34. The molecular weight excluding hydrogens is 286 g/mol. The monoisotopic (exact) mass is 305 g/mol. The van der Waals surface area contributed by atoms with Crippen molar-refractivity contribution in [3.8, 4) is 0 Å². The summed E-state index contributed by atoms with van der Waals surface area (Å²) in [7, 11) is 0. The first-order valence-electron chi connectivity index (χ1n) is 6.29. The molecule has 1 saturated heterocycles. The Morgan fingerprint density at radius 3 is 2.05 bits per heavy atom. The molecule has 0 spiro atoms. The Bertz CT molecular complexity index is 410. The largest absolute Gasteiger partial charge is 0.463 e. The molecule has 1 aliphatic rings. The van der Waals surface area contributed by atoms with E-state index in [2.05, 4.69) is 0 Å². The van der Waals surface area contributed by atoms with Gasteiger partial charge < -0.3 is 29.8 Å². The third kappa shape index (κ3) is 4.96. The molecule has 5 atom stereocenters. The summed E-state index contributed by atoms with van der Waals surface area (Å²) in [4.78, 5) is 33.0. The summed E-state index contributed by atoms with van der Waals surface area (Å²) in [5, 5.41) is 9.82. The van der Waals surface area contributed by atoms with Gasteiger partial charge in [-0.3, -0.25) is 14.4 Å². The minimum absolute atomic E-state index is 0.259. The zero-order valence-corrected chi connectivity index (χ0v) is 12.0. The van der Waals surface area contributed by atoms with Crippen LogP contribution < -0.4 is 5.73 Å². The van der Waals surface area contributed by atoms with Crippen LogP contribution in [0, 0.1) is 0 Å². The van der Waals surface area contributed by atoms with Crippen LogP contribution >= 0.6 is 0 Å². The Hall–Kier alpha value is -1.71. The number of rotatable bonds is 4. The lowest BCUT2D eigenvalue weighted by molar-refractivity contribution is -0.268. The molecule has 1 rings (SSSR count). The second-order valence-electron chi connectivity index (χ2n) is 4.59. The van der Waals surface area contributed by atoms with Gasteiger partial charge in [0.2, 0.25) is 0 Å². The molecule has 0 aromatic heterocycles. The highest BCUT2D eigenvalue weighted by Gasteiger charge is 2.47. The molecule has 1 heterocycles. The highest BCUT2D eigenvalue weighted by molar-refractivity contribution is 5.67. The van der Waals surface area contributed by atoms with Gasteiger partial charge in [-0.1, -0.05) is 0 Å². The van der Waals surface area contributed by atoms with Crippen molar-refractivity contribution < 1.29 is 38.4 Å². The van der Waals surface area contributed by atoms with E-state index in [1.54, 1.807) is 0 Å². The van der Waals surface area contributed by atoms with E-state index < -0.39 is 48.6 Å². The highest BCUT2D eigenvalue weighted by Crippen LogP contribution is 2.24. The van der Waals surface area contributed by atoms with Crippen LogP contribution in [0.5, 0.6) is 0 Å². The number of ether oxygens (including phenoxy) is 4. The van der Waals surface area contributed by atoms with E-state index in [0.29, 0.717) is 0 Å². The van der Waals surface area contributed by atoms with Crippen molar-refractivity contribution in [2.45, 2.75) is 51.4 Å². The lowest BCUT2D eigenvalue weighted by Gasteiger charge is -2.41. The van der Waals surface area contributed by atoms with Crippen LogP contribution in [0.2, 0.25) is 0 Å². The molecule has 0 radical (unpaired) electrons. The predicted octanol–water partition coefficient (Wildman–Crippen LogP) is -1.54. The molecule has 21 heavy (non-hydrogen) atoms. The maximum Gasteiger partial charge on any atom is 0.303 e. The van der Waals surface area contributed by atoms with Gasteiger partial charge in [0.05, 0.1) is 6.04 Å². The average Bonchev–Trinajstić information content (AvgIpc) is 2.35. The smallest absolute Gasteiger partial charge is 0.303 e. The van der Waals surface area contributed by atoms with Crippen molar-refractivity contribution in [2.75, 3.05) is 6.61 Å². The van der Waals surface area contributed by atoms with E-state index in [-0.39, 0.29) is 6.61 Å². The van der Waals surface area contributed by atoms with Crippen LogP contribution in [0.15, 0.2) is 0 Å². The molecule has 9 heteroatoms. The third-order valence-corrected chi connectivity index (χ3v) is 2.78. The molecule has 1 fully saturated rings. The molecule has 2 unspecified atom stereocenters. The lowest BCUT2D eigenvalue weighted by atomic mass is 9.96. The standard InChI is InChI=1S/C12H19NO8/c1-5(14)18-4-8-10(19-6(2)15)9(13)11(12(17)21-8)20-7(3)16/h8-12,17H,4,13H2,1-3H3/t8?,9-,10+,11?,12+/m0/s1. The molecule has 1 aliphatic heterocycles.